The second-order valence-electron chi connectivity index (χ2n) is 19.3. The number of amides is 1. The minimum Gasteiger partial charge on any atom is -0.466 e. The van der Waals surface area contributed by atoms with Gasteiger partial charge in [-0.1, -0.05) is 197 Å². The average Bonchev–Trinajstić information content (AvgIpc) is 3.33. The van der Waals surface area contributed by atoms with E-state index in [0.717, 1.165) is 77.0 Å². The van der Waals surface area contributed by atoms with E-state index in [1.807, 2.05) is 19.1 Å². The van der Waals surface area contributed by atoms with Gasteiger partial charge in [0.1, 0.15) is 24.4 Å². The number of aliphatic hydroxyl groups excluding tert-OH is 5. The normalized spacial score (nSPS) is 19.8. The quantitative estimate of drug-likeness (QED) is 0.0196. The number of rotatable bonds is 47. The number of carbonyl (C=O) groups is 2. The smallest absolute Gasteiger partial charge is 0.305 e. The molecular weight excluding hydrogens is 859 g/mol. The molecule has 0 aromatic heterocycles. The molecule has 7 atom stereocenters. The molecule has 6 N–H and O–H groups in total. The molecule has 0 spiro atoms. The number of hydrogen-bond acceptors (Lipinski definition) is 10. The highest BCUT2D eigenvalue weighted by Gasteiger charge is 2.44. The minimum absolute atomic E-state index is 0.00991. The first-order valence-electron chi connectivity index (χ1n) is 27.9. The van der Waals surface area contributed by atoms with Crippen molar-refractivity contribution in [3.05, 3.63) is 48.6 Å². The van der Waals surface area contributed by atoms with Crippen LogP contribution in [0.5, 0.6) is 0 Å². The van der Waals surface area contributed by atoms with E-state index in [9.17, 15) is 35.1 Å². The third-order valence-electron chi connectivity index (χ3n) is 13.0. The topological polar surface area (TPSA) is 175 Å². The summed E-state index contributed by atoms with van der Waals surface area (Å²) in [6.45, 7) is 4.06. The summed E-state index contributed by atoms with van der Waals surface area (Å²) < 4.78 is 16.6. The van der Waals surface area contributed by atoms with Crippen molar-refractivity contribution in [2.45, 2.75) is 281 Å². The molecule has 0 saturated carbocycles. The summed E-state index contributed by atoms with van der Waals surface area (Å²) in [5, 5.41) is 54.1. The lowest BCUT2D eigenvalue weighted by Gasteiger charge is -2.40. The number of nitrogens with one attached hydrogen (secondary N) is 1. The molecule has 396 valence electrons. The second kappa shape index (κ2) is 47.0. The van der Waals surface area contributed by atoms with Gasteiger partial charge in [0.05, 0.1) is 32.0 Å². The summed E-state index contributed by atoms with van der Waals surface area (Å²) in [7, 11) is 0. The largest absolute Gasteiger partial charge is 0.466 e. The van der Waals surface area contributed by atoms with E-state index in [1.54, 1.807) is 6.08 Å². The second-order valence-corrected chi connectivity index (χ2v) is 19.3. The van der Waals surface area contributed by atoms with E-state index in [2.05, 4.69) is 42.6 Å². The van der Waals surface area contributed by atoms with Gasteiger partial charge in [-0.2, -0.15) is 0 Å². The standard InChI is InChI=1S/C57H103NO10/c1-3-5-7-9-11-13-24-29-33-37-41-45-53(62)66-46-42-38-34-30-26-23-21-19-17-15-14-16-18-20-22-25-28-32-36-40-44-52(61)58-49(50(60)43-39-35-31-27-12-10-8-6-4-2)48-67-57-56(65)55(64)54(63)51(47-59)68-57/h4,6,12,14,16,27,39,43,49-51,54-57,59-60,63-65H,3,5,7-11,13,15,17-26,28-38,40-42,44-48H2,1-2H3,(H,58,61)/b6-4+,16-14-,27-12+,43-39+. The van der Waals surface area contributed by atoms with Crippen LogP contribution in [-0.2, 0) is 23.8 Å². The molecule has 68 heavy (non-hydrogen) atoms. The Morgan fingerprint density at radius 3 is 1.54 bits per heavy atom. The van der Waals surface area contributed by atoms with E-state index in [1.165, 1.54) is 128 Å². The van der Waals surface area contributed by atoms with Gasteiger partial charge in [-0.15, -0.1) is 0 Å². The number of aliphatic hydroxyl groups is 5. The average molecular weight is 962 g/mol. The van der Waals surface area contributed by atoms with Gasteiger partial charge in [0, 0.05) is 12.8 Å². The molecule has 0 aliphatic carbocycles. The Hall–Kier alpha value is -2.38. The molecule has 1 heterocycles. The molecule has 1 rings (SSSR count). The maximum atomic E-state index is 13.0. The van der Waals surface area contributed by atoms with Gasteiger partial charge < -0.3 is 45.1 Å². The first-order chi connectivity index (χ1) is 33.2. The van der Waals surface area contributed by atoms with Crippen LogP contribution in [0.15, 0.2) is 48.6 Å². The van der Waals surface area contributed by atoms with Crippen LogP contribution in [0, 0.1) is 0 Å². The van der Waals surface area contributed by atoms with E-state index in [0.29, 0.717) is 25.9 Å². The predicted octanol–water partition coefficient (Wildman–Crippen LogP) is 12.1. The monoisotopic (exact) mass is 962 g/mol. The maximum absolute atomic E-state index is 13.0. The van der Waals surface area contributed by atoms with Crippen LogP contribution in [0.2, 0.25) is 0 Å². The fourth-order valence-corrected chi connectivity index (χ4v) is 8.53. The SMILES string of the molecule is C/C=C/CC/C=C/CC/C=C/C(O)C(COC1OC(CO)C(O)C(O)C1O)NC(=O)CCCCCCCCC/C=C\CCCCCCCCCCCOC(=O)CCCCCCCCCCCCC. The zero-order valence-electron chi connectivity index (χ0n) is 43.3. The maximum Gasteiger partial charge on any atom is 0.305 e. The van der Waals surface area contributed by atoms with Crippen molar-refractivity contribution in [1.29, 1.82) is 0 Å². The van der Waals surface area contributed by atoms with E-state index in [4.69, 9.17) is 14.2 Å². The number of unbranched alkanes of at least 4 members (excludes halogenated alkanes) is 28. The summed E-state index contributed by atoms with van der Waals surface area (Å²) in [4.78, 5) is 25.0. The molecule has 0 aromatic rings. The lowest BCUT2D eigenvalue weighted by molar-refractivity contribution is -0.302. The summed E-state index contributed by atoms with van der Waals surface area (Å²) >= 11 is 0. The summed E-state index contributed by atoms with van der Waals surface area (Å²) in [6, 6.07) is -0.840. The van der Waals surface area contributed by atoms with Crippen molar-refractivity contribution in [2.75, 3.05) is 19.8 Å². The Labute approximate surface area is 415 Å². The zero-order chi connectivity index (χ0) is 49.6. The molecule has 11 heteroatoms. The fourth-order valence-electron chi connectivity index (χ4n) is 8.53. The molecule has 11 nitrogen and oxygen atoms in total. The first-order valence-corrected chi connectivity index (χ1v) is 27.9. The lowest BCUT2D eigenvalue weighted by Crippen LogP contribution is -2.60. The molecule has 1 aliphatic rings. The predicted molar refractivity (Wildman–Crippen MR) is 278 cm³/mol. The Bertz CT molecular complexity index is 1270. The Morgan fingerprint density at radius 2 is 1.01 bits per heavy atom. The number of allylic oxidation sites excluding steroid dienone is 7. The molecule has 0 aromatic carbocycles. The van der Waals surface area contributed by atoms with Crippen LogP contribution in [0.1, 0.15) is 239 Å². The van der Waals surface area contributed by atoms with Gasteiger partial charge >= 0.3 is 5.97 Å². The van der Waals surface area contributed by atoms with Crippen molar-refractivity contribution in [3.63, 3.8) is 0 Å². The van der Waals surface area contributed by atoms with Gasteiger partial charge in [-0.05, 0) is 77.6 Å². The zero-order valence-corrected chi connectivity index (χ0v) is 43.3. The summed E-state index contributed by atoms with van der Waals surface area (Å²) in [5.41, 5.74) is 0. The Kier molecular flexibility index (Phi) is 44.0. The fraction of sp³-hybridized carbons (Fsp3) is 0.825. The van der Waals surface area contributed by atoms with Gasteiger partial charge in [-0.3, -0.25) is 9.59 Å². The summed E-state index contributed by atoms with van der Waals surface area (Å²) in [6.07, 6.45) is 48.0. The van der Waals surface area contributed by atoms with E-state index in [-0.39, 0.29) is 18.5 Å². The van der Waals surface area contributed by atoms with Crippen molar-refractivity contribution < 1.29 is 49.3 Å². The van der Waals surface area contributed by atoms with Gasteiger partial charge in [0.25, 0.3) is 0 Å². The minimum atomic E-state index is -1.58. The molecule has 0 radical (unpaired) electrons. The van der Waals surface area contributed by atoms with Crippen LogP contribution in [0.3, 0.4) is 0 Å². The third kappa shape index (κ3) is 36.5. The molecule has 1 amide bonds. The highest BCUT2D eigenvalue weighted by Crippen LogP contribution is 2.23. The molecular formula is C57H103NO10. The highest BCUT2D eigenvalue weighted by atomic mass is 16.7. The lowest BCUT2D eigenvalue weighted by atomic mass is 9.99. The van der Waals surface area contributed by atoms with Crippen molar-refractivity contribution in [1.82, 2.24) is 5.32 Å². The number of esters is 1. The molecule has 0 bridgehead atoms. The Balaban J connectivity index is 2.07. The summed E-state index contributed by atoms with van der Waals surface area (Å²) in [5.74, 6) is -0.219. The Morgan fingerprint density at radius 1 is 0.559 bits per heavy atom. The highest BCUT2D eigenvalue weighted by molar-refractivity contribution is 5.76. The van der Waals surface area contributed by atoms with Crippen LogP contribution in [0.25, 0.3) is 0 Å². The molecule has 1 fully saturated rings. The van der Waals surface area contributed by atoms with Crippen molar-refractivity contribution in [3.8, 4) is 0 Å². The molecule has 1 saturated heterocycles. The molecule has 7 unspecified atom stereocenters. The molecule has 1 aliphatic heterocycles. The van der Waals surface area contributed by atoms with E-state index >= 15 is 0 Å². The number of carbonyl (C=O) groups excluding carboxylic acids is 2. The van der Waals surface area contributed by atoms with Gasteiger partial charge in [-0.25, -0.2) is 0 Å². The third-order valence-corrected chi connectivity index (χ3v) is 13.0. The number of ether oxygens (including phenoxy) is 3. The van der Waals surface area contributed by atoms with Gasteiger partial charge in [0.15, 0.2) is 6.29 Å². The van der Waals surface area contributed by atoms with Crippen LogP contribution >= 0.6 is 0 Å². The first kappa shape index (κ1) is 63.6. The number of hydrogen-bond donors (Lipinski definition) is 6. The van der Waals surface area contributed by atoms with Crippen LogP contribution < -0.4 is 5.32 Å². The van der Waals surface area contributed by atoms with Crippen molar-refractivity contribution >= 4 is 11.9 Å². The van der Waals surface area contributed by atoms with Crippen LogP contribution in [0.4, 0.5) is 0 Å². The van der Waals surface area contributed by atoms with Crippen LogP contribution in [-0.4, -0.2) is 100 Å². The van der Waals surface area contributed by atoms with E-state index < -0.39 is 49.5 Å². The van der Waals surface area contributed by atoms with Gasteiger partial charge in [0.2, 0.25) is 5.91 Å². The van der Waals surface area contributed by atoms with Crippen molar-refractivity contribution in [2.24, 2.45) is 0 Å².